The summed E-state index contributed by atoms with van der Waals surface area (Å²) < 4.78 is 0. The molecule has 0 bridgehead atoms. The molecule has 0 aliphatic heterocycles. The van der Waals surface area contributed by atoms with E-state index in [-0.39, 0.29) is 5.91 Å². The molecule has 0 heterocycles. The Balaban J connectivity index is 1.88. The van der Waals surface area contributed by atoms with Crippen LogP contribution in [0.3, 0.4) is 0 Å². The third kappa shape index (κ3) is 5.04. The number of benzene rings is 1. The van der Waals surface area contributed by atoms with Crippen molar-refractivity contribution >= 4 is 17.7 Å². The van der Waals surface area contributed by atoms with Gasteiger partial charge in [0.2, 0.25) is 5.91 Å². The quantitative estimate of drug-likeness (QED) is 0.848. The first kappa shape index (κ1) is 16.4. The molecule has 1 amide bonds. The minimum atomic E-state index is -0.842. The molecule has 0 aromatic heterocycles. The van der Waals surface area contributed by atoms with E-state index in [9.17, 15) is 9.90 Å². The van der Waals surface area contributed by atoms with Crippen LogP contribution >= 0.6 is 11.8 Å². The summed E-state index contributed by atoms with van der Waals surface area (Å²) in [6, 6.07) is 6.40. The second-order valence-corrected chi connectivity index (χ2v) is 7.06. The molecule has 116 valence electrons. The SMILES string of the molecule is CSC[C@](C)(O)CNC(=O)Cc1ccc2c(c1)CCCC2. The van der Waals surface area contributed by atoms with Crippen LogP contribution < -0.4 is 5.32 Å². The van der Waals surface area contributed by atoms with E-state index >= 15 is 0 Å². The van der Waals surface area contributed by atoms with Gasteiger partial charge in [-0.2, -0.15) is 11.8 Å². The molecule has 2 N–H and O–H groups in total. The van der Waals surface area contributed by atoms with E-state index in [1.165, 1.54) is 30.4 Å². The minimum Gasteiger partial charge on any atom is -0.387 e. The summed E-state index contributed by atoms with van der Waals surface area (Å²) in [6.07, 6.45) is 7.16. The number of carbonyl (C=O) groups excluding carboxylic acids is 1. The number of amides is 1. The summed E-state index contributed by atoms with van der Waals surface area (Å²) in [7, 11) is 0. The minimum absolute atomic E-state index is 0.0212. The average Bonchev–Trinajstić information content (AvgIpc) is 2.45. The van der Waals surface area contributed by atoms with Crippen LogP contribution in [-0.2, 0) is 24.1 Å². The second-order valence-electron chi connectivity index (χ2n) is 6.19. The van der Waals surface area contributed by atoms with Gasteiger partial charge in [0.25, 0.3) is 0 Å². The molecule has 1 atom stereocenters. The van der Waals surface area contributed by atoms with Gasteiger partial charge in [-0.3, -0.25) is 4.79 Å². The molecule has 4 heteroatoms. The number of aliphatic hydroxyl groups is 1. The predicted molar refractivity (Wildman–Crippen MR) is 88.8 cm³/mol. The number of aryl methyl sites for hydroxylation is 2. The van der Waals surface area contributed by atoms with Gasteiger partial charge in [-0.15, -0.1) is 0 Å². The highest BCUT2D eigenvalue weighted by atomic mass is 32.2. The average molecular weight is 307 g/mol. The zero-order valence-corrected chi connectivity index (χ0v) is 13.8. The molecule has 1 aliphatic rings. The second kappa shape index (κ2) is 7.32. The largest absolute Gasteiger partial charge is 0.387 e. The smallest absolute Gasteiger partial charge is 0.224 e. The number of thioether (sulfide) groups is 1. The Kier molecular flexibility index (Phi) is 5.71. The standard InChI is InChI=1S/C17H25NO2S/c1-17(20,12-21-2)11-18-16(19)10-13-7-8-14-5-3-4-6-15(14)9-13/h7-9,20H,3-6,10-12H2,1-2H3,(H,18,19)/t17-/m1/s1. The fraction of sp³-hybridized carbons (Fsp3) is 0.588. The molecule has 0 saturated carbocycles. The fourth-order valence-electron chi connectivity index (χ4n) is 2.80. The molecular formula is C17H25NO2S. The summed E-state index contributed by atoms with van der Waals surface area (Å²) in [5.74, 6) is 0.596. The zero-order valence-electron chi connectivity index (χ0n) is 12.9. The van der Waals surface area contributed by atoms with E-state index < -0.39 is 5.60 Å². The van der Waals surface area contributed by atoms with Crippen molar-refractivity contribution in [3.05, 3.63) is 34.9 Å². The van der Waals surface area contributed by atoms with Gasteiger partial charge >= 0.3 is 0 Å². The third-order valence-corrected chi connectivity index (χ3v) is 4.81. The van der Waals surface area contributed by atoms with Crippen LogP contribution in [0, 0.1) is 0 Å². The molecule has 1 aliphatic carbocycles. The maximum absolute atomic E-state index is 12.0. The fourth-order valence-corrected chi connectivity index (χ4v) is 3.52. The van der Waals surface area contributed by atoms with Gasteiger partial charge in [0.05, 0.1) is 12.0 Å². The molecule has 0 saturated heterocycles. The van der Waals surface area contributed by atoms with Crippen molar-refractivity contribution in [1.29, 1.82) is 0 Å². The lowest BCUT2D eigenvalue weighted by atomic mass is 9.90. The van der Waals surface area contributed by atoms with Crippen LogP contribution in [-0.4, -0.2) is 35.2 Å². The Bertz CT molecular complexity index is 500. The highest BCUT2D eigenvalue weighted by molar-refractivity contribution is 7.98. The van der Waals surface area contributed by atoms with Crippen molar-refractivity contribution in [2.45, 2.75) is 44.6 Å². The highest BCUT2D eigenvalue weighted by Crippen LogP contribution is 2.22. The molecule has 2 rings (SSSR count). The molecule has 0 radical (unpaired) electrons. The first-order valence-corrected chi connectivity index (χ1v) is 8.98. The number of fused-ring (bicyclic) bond motifs is 1. The number of hydrogen-bond donors (Lipinski definition) is 2. The van der Waals surface area contributed by atoms with Crippen molar-refractivity contribution in [2.75, 3.05) is 18.6 Å². The lowest BCUT2D eigenvalue weighted by Gasteiger charge is -2.22. The van der Waals surface area contributed by atoms with Gasteiger partial charge in [-0.25, -0.2) is 0 Å². The highest BCUT2D eigenvalue weighted by Gasteiger charge is 2.20. The Morgan fingerprint density at radius 3 is 2.76 bits per heavy atom. The first-order valence-electron chi connectivity index (χ1n) is 7.59. The van der Waals surface area contributed by atoms with Crippen LogP contribution in [0.5, 0.6) is 0 Å². The Morgan fingerprint density at radius 2 is 2.05 bits per heavy atom. The van der Waals surface area contributed by atoms with E-state index in [4.69, 9.17) is 0 Å². The maximum Gasteiger partial charge on any atom is 0.224 e. The molecule has 1 aromatic carbocycles. The topological polar surface area (TPSA) is 49.3 Å². The van der Waals surface area contributed by atoms with Gasteiger partial charge < -0.3 is 10.4 Å². The summed E-state index contributed by atoms with van der Waals surface area (Å²) >= 11 is 1.58. The van der Waals surface area contributed by atoms with E-state index in [0.29, 0.717) is 18.7 Å². The van der Waals surface area contributed by atoms with Crippen LogP contribution in [0.25, 0.3) is 0 Å². The molecule has 21 heavy (non-hydrogen) atoms. The van der Waals surface area contributed by atoms with Crippen molar-refractivity contribution in [3.63, 3.8) is 0 Å². The molecule has 3 nitrogen and oxygen atoms in total. The normalized spacial score (nSPS) is 16.9. The van der Waals surface area contributed by atoms with Crippen molar-refractivity contribution in [2.24, 2.45) is 0 Å². The van der Waals surface area contributed by atoms with E-state index in [1.54, 1.807) is 18.7 Å². The molecule has 0 fully saturated rings. The summed E-state index contributed by atoms with van der Waals surface area (Å²) in [5, 5.41) is 12.9. The lowest BCUT2D eigenvalue weighted by Crippen LogP contribution is -2.42. The van der Waals surface area contributed by atoms with E-state index in [2.05, 4.69) is 23.5 Å². The molecule has 0 spiro atoms. The van der Waals surface area contributed by atoms with Crippen molar-refractivity contribution in [3.8, 4) is 0 Å². The van der Waals surface area contributed by atoms with Gasteiger partial charge in [0, 0.05) is 12.3 Å². The molecular weight excluding hydrogens is 282 g/mol. The van der Waals surface area contributed by atoms with Gasteiger partial charge in [0.15, 0.2) is 0 Å². The van der Waals surface area contributed by atoms with Gasteiger partial charge in [-0.05, 0) is 55.6 Å². The van der Waals surface area contributed by atoms with Gasteiger partial charge in [-0.1, -0.05) is 18.2 Å². The van der Waals surface area contributed by atoms with Crippen molar-refractivity contribution in [1.82, 2.24) is 5.32 Å². The first-order chi connectivity index (χ1) is 10.00. The third-order valence-electron chi connectivity index (χ3n) is 3.90. The van der Waals surface area contributed by atoms with Crippen LogP contribution in [0.2, 0.25) is 0 Å². The Labute approximate surface area is 131 Å². The monoisotopic (exact) mass is 307 g/mol. The Hall–Kier alpha value is -1.00. The van der Waals surface area contributed by atoms with E-state index in [1.807, 2.05) is 6.26 Å². The number of nitrogens with one attached hydrogen (secondary N) is 1. The summed E-state index contributed by atoms with van der Waals surface area (Å²) in [5.41, 5.74) is 3.07. The number of hydrogen-bond acceptors (Lipinski definition) is 3. The Morgan fingerprint density at radius 1 is 1.33 bits per heavy atom. The molecule has 1 aromatic rings. The number of carbonyl (C=O) groups is 1. The van der Waals surface area contributed by atoms with Gasteiger partial charge in [0.1, 0.15) is 0 Å². The lowest BCUT2D eigenvalue weighted by molar-refractivity contribution is -0.121. The summed E-state index contributed by atoms with van der Waals surface area (Å²) in [4.78, 5) is 12.0. The van der Waals surface area contributed by atoms with Crippen LogP contribution in [0.15, 0.2) is 18.2 Å². The summed E-state index contributed by atoms with van der Waals surface area (Å²) in [6.45, 7) is 2.06. The van der Waals surface area contributed by atoms with E-state index in [0.717, 1.165) is 12.0 Å². The maximum atomic E-state index is 12.0. The van der Waals surface area contributed by atoms with Crippen LogP contribution in [0.1, 0.15) is 36.5 Å². The molecule has 0 unspecified atom stereocenters. The van der Waals surface area contributed by atoms with Crippen molar-refractivity contribution < 1.29 is 9.90 Å². The predicted octanol–water partition coefficient (Wildman–Crippen LogP) is 2.34. The van der Waals surface area contributed by atoms with Crippen LogP contribution in [0.4, 0.5) is 0 Å². The zero-order chi connectivity index (χ0) is 15.3. The number of rotatable bonds is 6.